The second kappa shape index (κ2) is 7.07. The Hall–Kier alpha value is -1.28. The van der Waals surface area contributed by atoms with Crippen LogP contribution in [0.15, 0.2) is 10.2 Å². The SMILES string of the molecule is CC(CC(C)=NNC(N)=S)=NNC(N)=S. The minimum atomic E-state index is 0.130. The summed E-state index contributed by atoms with van der Waals surface area (Å²) in [7, 11) is 0. The predicted molar refractivity (Wildman–Crippen MR) is 70.7 cm³/mol. The molecule has 0 unspecified atom stereocenters. The quantitative estimate of drug-likeness (QED) is 0.311. The minimum Gasteiger partial charge on any atom is -0.375 e. The van der Waals surface area contributed by atoms with Crippen molar-refractivity contribution in [3.05, 3.63) is 0 Å². The number of hydrogen-bond acceptors (Lipinski definition) is 4. The Bertz CT molecular complexity index is 279. The van der Waals surface area contributed by atoms with Crippen molar-refractivity contribution in [2.45, 2.75) is 20.3 Å². The molecule has 0 rings (SSSR count). The number of thiocarbonyl (C=S) groups is 2. The average Bonchev–Trinajstić information content (AvgIpc) is 2.11. The van der Waals surface area contributed by atoms with Gasteiger partial charge in [0, 0.05) is 17.8 Å². The molecule has 0 aliphatic carbocycles. The van der Waals surface area contributed by atoms with Crippen LogP contribution in [-0.2, 0) is 0 Å². The summed E-state index contributed by atoms with van der Waals surface area (Å²) >= 11 is 9.19. The first-order chi connectivity index (χ1) is 6.91. The van der Waals surface area contributed by atoms with Gasteiger partial charge in [-0.25, -0.2) is 0 Å². The fraction of sp³-hybridized carbons (Fsp3) is 0.429. The summed E-state index contributed by atoms with van der Waals surface area (Å²) in [6.45, 7) is 3.65. The maximum Gasteiger partial charge on any atom is 0.184 e. The molecular weight excluding hydrogens is 232 g/mol. The molecule has 0 aromatic heterocycles. The fourth-order valence-electron chi connectivity index (χ4n) is 0.750. The zero-order valence-electron chi connectivity index (χ0n) is 8.57. The first-order valence-electron chi connectivity index (χ1n) is 4.09. The molecule has 8 heteroatoms. The lowest BCUT2D eigenvalue weighted by atomic mass is 10.2. The van der Waals surface area contributed by atoms with E-state index in [1.54, 1.807) is 0 Å². The van der Waals surface area contributed by atoms with E-state index in [1.807, 2.05) is 13.8 Å². The van der Waals surface area contributed by atoms with Crippen molar-refractivity contribution < 1.29 is 0 Å². The van der Waals surface area contributed by atoms with Gasteiger partial charge in [-0.3, -0.25) is 10.9 Å². The van der Waals surface area contributed by atoms with E-state index < -0.39 is 0 Å². The summed E-state index contributed by atoms with van der Waals surface area (Å²) < 4.78 is 0. The van der Waals surface area contributed by atoms with Gasteiger partial charge in [-0.05, 0) is 38.3 Å². The van der Waals surface area contributed by atoms with Gasteiger partial charge in [0.1, 0.15) is 0 Å². The van der Waals surface area contributed by atoms with Gasteiger partial charge in [-0.1, -0.05) is 0 Å². The normalized spacial score (nSPS) is 12.1. The molecule has 0 aliphatic rings. The van der Waals surface area contributed by atoms with Crippen LogP contribution < -0.4 is 22.3 Å². The van der Waals surface area contributed by atoms with Crippen LogP contribution in [0.2, 0.25) is 0 Å². The topological polar surface area (TPSA) is 101 Å². The summed E-state index contributed by atoms with van der Waals surface area (Å²) in [5.41, 5.74) is 17.0. The molecule has 0 heterocycles. The van der Waals surface area contributed by atoms with Crippen LogP contribution in [0, 0.1) is 0 Å². The van der Waals surface area contributed by atoms with E-state index in [1.165, 1.54) is 0 Å². The second-order valence-corrected chi connectivity index (χ2v) is 3.70. The Balaban J connectivity index is 4.10. The van der Waals surface area contributed by atoms with E-state index in [9.17, 15) is 0 Å². The van der Waals surface area contributed by atoms with E-state index in [-0.39, 0.29) is 10.2 Å². The molecule has 84 valence electrons. The molecule has 0 bridgehead atoms. The summed E-state index contributed by atoms with van der Waals surface area (Å²) in [6.07, 6.45) is 0.575. The Kier molecular flexibility index (Phi) is 6.47. The lowest BCUT2D eigenvalue weighted by Gasteiger charge is -2.02. The highest BCUT2D eigenvalue weighted by molar-refractivity contribution is 7.80. The molecule has 6 N–H and O–H groups in total. The van der Waals surface area contributed by atoms with E-state index >= 15 is 0 Å². The van der Waals surface area contributed by atoms with Crippen molar-refractivity contribution in [1.29, 1.82) is 0 Å². The Morgan fingerprint density at radius 1 is 1.00 bits per heavy atom. The van der Waals surface area contributed by atoms with Crippen LogP contribution in [-0.4, -0.2) is 21.6 Å². The predicted octanol–water partition coefficient (Wildman–Crippen LogP) is -0.205. The van der Waals surface area contributed by atoms with Crippen LogP contribution in [0.3, 0.4) is 0 Å². The maximum absolute atomic E-state index is 5.21. The smallest absolute Gasteiger partial charge is 0.184 e. The van der Waals surface area contributed by atoms with Gasteiger partial charge in [0.2, 0.25) is 0 Å². The second-order valence-electron chi connectivity index (χ2n) is 2.82. The van der Waals surface area contributed by atoms with Crippen LogP contribution in [0.5, 0.6) is 0 Å². The molecule has 0 saturated carbocycles. The molecule has 0 atom stereocenters. The van der Waals surface area contributed by atoms with E-state index in [0.717, 1.165) is 11.4 Å². The molecule has 0 aromatic carbocycles. The van der Waals surface area contributed by atoms with Crippen LogP contribution >= 0.6 is 24.4 Å². The highest BCUT2D eigenvalue weighted by Crippen LogP contribution is 1.89. The number of nitrogens with one attached hydrogen (secondary N) is 2. The van der Waals surface area contributed by atoms with Crippen molar-refractivity contribution in [3.8, 4) is 0 Å². The van der Waals surface area contributed by atoms with E-state index in [4.69, 9.17) is 11.5 Å². The molecule has 0 fully saturated rings. The third kappa shape index (κ3) is 9.03. The first kappa shape index (κ1) is 13.7. The summed E-state index contributed by atoms with van der Waals surface area (Å²) in [6, 6.07) is 0. The van der Waals surface area contributed by atoms with Crippen LogP contribution in [0.4, 0.5) is 0 Å². The number of nitrogens with two attached hydrogens (primary N) is 2. The van der Waals surface area contributed by atoms with Gasteiger partial charge in [0.25, 0.3) is 0 Å². The highest BCUT2D eigenvalue weighted by atomic mass is 32.1. The monoisotopic (exact) mass is 246 g/mol. The number of hydrazone groups is 2. The Labute approximate surface area is 99.2 Å². The molecule has 6 nitrogen and oxygen atoms in total. The molecule has 0 radical (unpaired) electrons. The Morgan fingerprint density at radius 2 is 1.33 bits per heavy atom. The molecule has 0 aliphatic heterocycles. The van der Waals surface area contributed by atoms with E-state index in [0.29, 0.717) is 6.42 Å². The van der Waals surface area contributed by atoms with Crippen LogP contribution in [0.25, 0.3) is 0 Å². The molecule has 0 aromatic rings. The maximum atomic E-state index is 5.21. The summed E-state index contributed by atoms with van der Waals surface area (Å²) in [5, 5.41) is 8.10. The fourth-order valence-corrected chi connectivity index (χ4v) is 0.842. The molecule has 0 amide bonds. The van der Waals surface area contributed by atoms with Gasteiger partial charge < -0.3 is 11.5 Å². The summed E-state index contributed by atoms with van der Waals surface area (Å²) in [5.74, 6) is 0. The lowest BCUT2D eigenvalue weighted by molar-refractivity contribution is 1.00. The lowest BCUT2D eigenvalue weighted by Crippen LogP contribution is -2.26. The van der Waals surface area contributed by atoms with Gasteiger partial charge in [0.05, 0.1) is 0 Å². The van der Waals surface area contributed by atoms with Gasteiger partial charge in [-0.15, -0.1) is 0 Å². The van der Waals surface area contributed by atoms with Gasteiger partial charge in [0.15, 0.2) is 10.2 Å². The average molecular weight is 246 g/mol. The van der Waals surface area contributed by atoms with Gasteiger partial charge >= 0.3 is 0 Å². The third-order valence-electron chi connectivity index (χ3n) is 1.23. The van der Waals surface area contributed by atoms with E-state index in [2.05, 4.69) is 45.5 Å². The highest BCUT2D eigenvalue weighted by Gasteiger charge is 1.96. The number of nitrogens with zero attached hydrogens (tertiary/aromatic N) is 2. The van der Waals surface area contributed by atoms with Crippen molar-refractivity contribution in [3.63, 3.8) is 0 Å². The number of rotatable bonds is 4. The molecule has 0 spiro atoms. The summed E-state index contributed by atoms with van der Waals surface area (Å²) in [4.78, 5) is 0. The molecule has 15 heavy (non-hydrogen) atoms. The van der Waals surface area contributed by atoms with Crippen molar-refractivity contribution >= 4 is 46.1 Å². The Morgan fingerprint density at radius 3 is 1.60 bits per heavy atom. The van der Waals surface area contributed by atoms with Crippen LogP contribution in [0.1, 0.15) is 20.3 Å². The third-order valence-corrected chi connectivity index (χ3v) is 1.41. The van der Waals surface area contributed by atoms with Crippen molar-refractivity contribution in [2.24, 2.45) is 21.7 Å². The standard InChI is InChI=1S/C7H14N6S2/c1-4(10-12-6(8)14)3-5(2)11-13-7(9)15/h3H2,1-2H3,(H3,8,12,14)(H3,9,13,15). The molecular formula is C7H14N6S2. The van der Waals surface area contributed by atoms with Crippen molar-refractivity contribution in [1.82, 2.24) is 10.9 Å². The zero-order valence-corrected chi connectivity index (χ0v) is 10.2. The van der Waals surface area contributed by atoms with Crippen molar-refractivity contribution in [2.75, 3.05) is 0 Å². The molecule has 0 saturated heterocycles. The number of hydrogen-bond donors (Lipinski definition) is 4. The van der Waals surface area contributed by atoms with Gasteiger partial charge in [-0.2, -0.15) is 10.2 Å². The first-order valence-corrected chi connectivity index (χ1v) is 4.90. The zero-order chi connectivity index (χ0) is 11.8. The largest absolute Gasteiger partial charge is 0.375 e. The minimum absolute atomic E-state index is 0.130.